The van der Waals surface area contributed by atoms with Gasteiger partial charge >= 0.3 is 6.03 Å². The van der Waals surface area contributed by atoms with Gasteiger partial charge in [0.05, 0.1) is 6.10 Å². The lowest BCUT2D eigenvalue weighted by Crippen LogP contribution is -2.34. The molecule has 0 unspecified atom stereocenters. The van der Waals surface area contributed by atoms with Gasteiger partial charge < -0.3 is 15.7 Å². The van der Waals surface area contributed by atoms with Crippen LogP contribution in [-0.4, -0.2) is 23.8 Å². The molecule has 1 saturated carbocycles. The van der Waals surface area contributed by atoms with E-state index in [1.54, 1.807) is 18.2 Å². The first-order valence-corrected chi connectivity index (χ1v) is 7.47. The molecule has 1 aromatic rings. The molecule has 0 bridgehead atoms. The Morgan fingerprint density at radius 3 is 2.35 bits per heavy atom. The van der Waals surface area contributed by atoms with E-state index in [1.165, 1.54) is 0 Å². The summed E-state index contributed by atoms with van der Waals surface area (Å²) in [4.78, 5) is 11.8. The van der Waals surface area contributed by atoms with E-state index >= 15 is 0 Å². The Labute approximate surface area is 128 Å². The summed E-state index contributed by atoms with van der Waals surface area (Å²) in [6.45, 7) is 0.618. The molecule has 0 aromatic heterocycles. The van der Waals surface area contributed by atoms with Gasteiger partial charge in [0, 0.05) is 22.3 Å². The molecular weight excluding hydrogens is 299 g/mol. The molecule has 110 valence electrons. The minimum absolute atomic E-state index is 0.173. The van der Waals surface area contributed by atoms with E-state index in [9.17, 15) is 9.90 Å². The molecule has 1 aliphatic carbocycles. The molecule has 1 fully saturated rings. The van der Waals surface area contributed by atoms with Crippen LogP contribution in [0.1, 0.15) is 25.7 Å². The van der Waals surface area contributed by atoms with Crippen molar-refractivity contribution in [1.82, 2.24) is 5.32 Å². The molecule has 1 aromatic carbocycles. The number of carbonyl (C=O) groups excluding carboxylic acids is 1. The topological polar surface area (TPSA) is 61.4 Å². The van der Waals surface area contributed by atoms with Crippen molar-refractivity contribution in [2.75, 3.05) is 11.9 Å². The zero-order valence-corrected chi connectivity index (χ0v) is 12.5. The van der Waals surface area contributed by atoms with Crippen molar-refractivity contribution in [2.24, 2.45) is 5.92 Å². The van der Waals surface area contributed by atoms with Crippen LogP contribution in [-0.2, 0) is 0 Å². The minimum atomic E-state index is -0.269. The van der Waals surface area contributed by atoms with Crippen LogP contribution in [0.3, 0.4) is 0 Å². The number of anilines is 1. The van der Waals surface area contributed by atoms with Crippen molar-refractivity contribution in [3.63, 3.8) is 0 Å². The van der Waals surface area contributed by atoms with Gasteiger partial charge in [0.2, 0.25) is 0 Å². The molecule has 0 radical (unpaired) electrons. The van der Waals surface area contributed by atoms with Crippen LogP contribution in [0.25, 0.3) is 0 Å². The first-order chi connectivity index (χ1) is 9.52. The predicted molar refractivity (Wildman–Crippen MR) is 81.4 cm³/mol. The summed E-state index contributed by atoms with van der Waals surface area (Å²) in [6, 6.07) is 4.63. The van der Waals surface area contributed by atoms with Gasteiger partial charge in [-0.2, -0.15) is 0 Å². The smallest absolute Gasteiger partial charge is 0.319 e. The van der Waals surface area contributed by atoms with Crippen molar-refractivity contribution in [2.45, 2.75) is 31.8 Å². The number of benzene rings is 1. The number of aliphatic hydroxyl groups excluding tert-OH is 1. The third-order valence-corrected chi connectivity index (χ3v) is 3.92. The van der Waals surface area contributed by atoms with Gasteiger partial charge in [0.15, 0.2) is 0 Å². The number of amides is 2. The van der Waals surface area contributed by atoms with Crippen molar-refractivity contribution in [3.05, 3.63) is 28.2 Å². The summed E-state index contributed by atoms with van der Waals surface area (Å²) >= 11 is 11.7. The van der Waals surface area contributed by atoms with Crippen LogP contribution in [0.5, 0.6) is 0 Å². The van der Waals surface area contributed by atoms with Crippen LogP contribution in [0.2, 0.25) is 10.0 Å². The lowest BCUT2D eigenvalue weighted by Gasteiger charge is -2.25. The molecule has 0 aliphatic heterocycles. The van der Waals surface area contributed by atoms with Gasteiger partial charge in [-0.3, -0.25) is 0 Å². The van der Waals surface area contributed by atoms with Crippen molar-refractivity contribution in [1.29, 1.82) is 0 Å². The second-order valence-corrected chi connectivity index (χ2v) is 6.04. The van der Waals surface area contributed by atoms with Gasteiger partial charge in [-0.1, -0.05) is 23.2 Å². The number of rotatable bonds is 3. The number of aliphatic hydroxyl groups is 1. The number of halogens is 2. The first-order valence-electron chi connectivity index (χ1n) is 6.72. The Morgan fingerprint density at radius 1 is 1.15 bits per heavy atom. The van der Waals surface area contributed by atoms with Crippen LogP contribution >= 0.6 is 23.2 Å². The molecule has 6 heteroatoms. The van der Waals surface area contributed by atoms with Gasteiger partial charge in [-0.05, 0) is 49.8 Å². The molecule has 2 rings (SSSR count). The van der Waals surface area contributed by atoms with Gasteiger partial charge in [-0.25, -0.2) is 4.79 Å². The highest BCUT2D eigenvalue weighted by Gasteiger charge is 2.19. The molecule has 0 atom stereocenters. The van der Waals surface area contributed by atoms with E-state index in [-0.39, 0.29) is 12.1 Å². The molecule has 0 heterocycles. The third kappa shape index (κ3) is 4.85. The zero-order valence-electron chi connectivity index (χ0n) is 11.0. The molecule has 2 amide bonds. The summed E-state index contributed by atoms with van der Waals surface area (Å²) in [5.74, 6) is 0.437. The maximum Gasteiger partial charge on any atom is 0.319 e. The van der Waals surface area contributed by atoms with Crippen molar-refractivity contribution < 1.29 is 9.90 Å². The van der Waals surface area contributed by atoms with Gasteiger partial charge in [-0.15, -0.1) is 0 Å². The average molecular weight is 317 g/mol. The van der Waals surface area contributed by atoms with Crippen molar-refractivity contribution >= 4 is 34.9 Å². The quantitative estimate of drug-likeness (QED) is 0.796. The van der Waals surface area contributed by atoms with Crippen LogP contribution < -0.4 is 10.6 Å². The molecule has 0 spiro atoms. The minimum Gasteiger partial charge on any atom is -0.393 e. The van der Waals surface area contributed by atoms with Gasteiger partial charge in [0.1, 0.15) is 0 Å². The number of carbonyl (C=O) groups is 1. The number of hydrogen-bond acceptors (Lipinski definition) is 2. The molecule has 3 N–H and O–H groups in total. The Hall–Kier alpha value is -0.970. The van der Waals surface area contributed by atoms with E-state index in [0.29, 0.717) is 28.2 Å². The lowest BCUT2D eigenvalue weighted by atomic mass is 9.87. The highest BCUT2D eigenvalue weighted by atomic mass is 35.5. The number of nitrogens with one attached hydrogen (secondary N) is 2. The molecular formula is C14H18Cl2N2O2. The Bertz CT molecular complexity index is 454. The highest BCUT2D eigenvalue weighted by molar-refractivity contribution is 6.35. The predicted octanol–water partition coefficient (Wildman–Crippen LogP) is 3.67. The Kier molecular flexibility index (Phi) is 5.52. The second-order valence-electron chi connectivity index (χ2n) is 5.17. The molecule has 0 saturated heterocycles. The van der Waals surface area contributed by atoms with Crippen LogP contribution in [0.15, 0.2) is 18.2 Å². The Morgan fingerprint density at radius 2 is 1.75 bits per heavy atom. The van der Waals surface area contributed by atoms with E-state index in [2.05, 4.69) is 10.6 Å². The molecule has 1 aliphatic rings. The largest absolute Gasteiger partial charge is 0.393 e. The average Bonchev–Trinajstić information content (AvgIpc) is 2.37. The molecule has 4 nitrogen and oxygen atoms in total. The van der Waals surface area contributed by atoms with E-state index in [1.807, 2.05) is 0 Å². The second kappa shape index (κ2) is 7.16. The third-order valence-electron chi connectivity index (χ3n) is 3.49. The lowest BCUT2D eigenvalue weighted by molar-refractivity contribution is 0.109. The summed E-state index contributed by atoms with van der Waals surface area (Å²) in [5, 5.41) is 15.9. The maximum absolute atomic E-state index is 11.8. The van der Waals surface area contributed by atoms with Crippen molar-refractivity contribution in [3.8, 4) is 0 Å². The maximum atomic E-state index is 11.8. The fourth-order valence-corrected chi connectivity index (χ4v) is 2.91. The summed E-state index contributed by atoms with van der Waals surface area (Å²) in [6.07, 6.45) is 3.36. The first kappa shape index (κ1) is 15.4. The fraction of sp³-hybridized carbons (Fsp3) is 0.500. The number of hydrogen-bond donors (Lipinski definition) is 3. The Balaban J connectivity index is 1.77. The van der Waals surface area contributed by atoms with Crippen LogP contribution in [0.4, 0.5) is 10.5 Å². The fourth-order valence-electron chi connectivity index (χ4n) is 2.39. The highest BCUT2D eigenvalue weighted by Crippen LogP contribution is 2.24. The van der Waals surface area contributed by atoms with Crippen LogP contribution in [0, 0.1) is 5.92 Å². The van der Waals surface area contributed by atoms with E-state index < -0.39 is 0 Å². The van der Waals surface area contributed by atoms with Gasteiger partial charge in [0.25, 0.3) is 0 Å². The normalized spacial score (nSPS) is 22.4. The molecule has 20 heavy (non-hydrogen) atoms. The standard InChI is InChI=1S/C14H18Cl2N2O2/c15-10-5-11(16)7-12(6-10)18-14(20)17-8-9-1-3-13(19)4-2-9/h5-7,9,13,19H,1-4,8H2,(H2,17,18,20). The van der Waals surface area contributed by atoms with E-state index in [0.717, 1.165) is 25.7 Å². The van der Waals surface area contributed by atoms with E-state index in [4.69, 9.17) is 23.2 Å². The summed E-state index contributed by atoms with van der Waals surface area (Å²) < 4.78 is 0. The summed E-state index contributed by atoms with van der Waals surface area (Å²) in [5.41, 5.74) is 0.569. The SMILES string of the molecule is O=C(NCC1CCC(O)CC1)Nc1cc(Cl)cc(Cl)c1. The zero-order chi connectivity index (χ0) is 14.5. The summed E-state index contributed by atoms with van der Waals surface area (Å²) in [7, 11) is 0. The monoisotopic (exact) mass is 316 g/mol. The number of urea groups is 1.